The highest BCUT2D eigenvalue weighted by atomic mass is 32.2. The lowest BCUT2D eigenvalue weighted by molar-refractivity contribution is 0.0275. The topological polar surface area (TPSA) is 160 Å². The summed E-state index contributed by atoms with van der Waals surface area (Å²) < 4.78 is 56.8. The van der Waals surface area contributed by atoms with Crippen LogP contribution in [0.15, 0.2) is 41.8 Å². The van der Waals surface area contributed by atoms with Gasteiger partial charge in [0, 0.05) is 43.4 Å². The van der Waals surface area contributed by atoms with Crippen molar-refractivity contribution < 1.29 is 27.1 Å². The van der Waals surface area contributed by atoms with Crippen molar-refractivity contribution in [3.63, 3.8) is 0 Å². The minimum absolute atomic E-state index is 0.000823. The summed E-state index contributed by atoms with van der Waals surface area (Å²) in [5.74, 6) is -0.325. The molecule has 45 heavy (non-hydrogen) atoms. The van der Waals surface area contributed by atoms with Crippen LogP contribution in [-0.4, -0.2) is 91.4 Å². The highest BCUT2D eigenvalue weighted by Crippen LogP contribution is 2.42. The summed E-state index contributed by atoms with van der Waals surface area (Å²) >= 11 is 0. The van der Waals surface area contributed by atoms with Crippen LogP contribution < -0.4 is 10.1 Å². The zero-order valence-electron chi connectivity index (χ0n) is 25.7. The quantitative estimate of drug-likeness (QED) is 0.299. The molecule has 1 spiro atoms. The SMILES string of the molecule is CC(C)Oc1c(-c2cn[nH]c2)ncn2nc(Nc3ccc(S(=O)(=O)N4CCC5(CCN(C(=O)OC(C)(C)C)C5)C4)cc3F)nc12. The molecule has 4 aromatic rings. The third-order valence-corrected chi connectivity index (χ3v) is 9.63. The maximum absolute atomic E-state index is 15.4. The van der Waals surface area contributed by atoms with Crippen LogP contribution in [0, 0.1) is 11.2 Å². The number of anilines is 2. The third-order valence-electron chi connectivity index (χ3n) is 7.79. The lowest BCUT2D eigenvalue weighted by atomic mass is 9.87. The number of aromatic amines is 1. The molecule has 0 aliphatic carbocycles. The van der Waals surface area contributed by atoms with Gasteiger partial charge in [0.2, 0.25) is 21.6 Å². The first-order chi connectivity index (χ1) is 21.2. The molecule has 1 unspecified atom stereocenters. The molecular formula is C29H36FN9O5S. The molecule has 1 atom stereocenters. The van der Waals surface area contributed by atoms with Crippen molar-refractivity contribution in [3.8, 4) is 17.0 Å². The Morgan fingerprint density at radius 3 is 2.64 bits per heavy atom. The first-order valence-corrected chi connectivity index (χ1v) is 16.1. The molecule has 2 saturated heterocycles. The summed E-state index contributed by atoms with van der Waals surface area (Å²) in [7, 11) is -3.98. The molecule has 0 radical (unpaired) electrons. The lowest BCUT2D eigenvalue weighted by Crippen LogP contribution is -2.38. The van der Waals surface area contributed by atoms with Crippen LogP contribution in [0.1, 0.15) is 47.5 Å². The highest BCUT2D eigenvalue weighted by Gasteiger charge is 2.48. The molecule has 5 heterocycles. The molecule has 1 amide bonds. The zero-order chi connectivity index (χ0) is 32.1. The number of carbonyl (C=O) groups excluding carboxylic acids is 1. The van der Waals surface area contributed by atoms with Crippen LogP contribution in [-0.2, 0) is 14.8 Å². The summed E-state index contributed by atoms with van der Waals surface area (Å²) in [5, 5.41) is 13.9. The number of nitrogens with zero attached hydrogens (tertiary/aromatic N) is 7. The van der Waals surface area contributed by atoms with Gasteiger partial charge in [0.1, 0.15) is 23.4 Å². The Labute approximate surface area is 260 Å². The second kappa shape index (κ2) is 11.2. The molecule has 1 aromatic carbocycles. The molecule has 16 heteroatoms. The molecule has 2 aliphatic heterocycles. The van der Waals surface area contributed by atoms with Crippen molar-refractivity contribution in [1.82, 2.24) is 39.0 Å². The molecule has 2 N–H and O–H groups in total. The summed E-state index contributed by atoms with van der Waals surface area (Å²) in [6.07, 6.45) is 5.45. The standard InChI is InChI=1S/C29H36FN9O5S/c1-18(2)43-24-23(19-13-32-33-14-19)31-17-39-25(24)35-26(36-39)34-22-7-6-20(12-21(22)30)45(41,42)38-11-9-29(16-38)8-10-37(15-29)27(40)44-28(3,4)5/h6-7,12-14,17-18H,8-11,15-16H2,1-5H3,(H,32,33)(H,34,36). The number of hydrogen-bond donors (Lipinski definition) is 2. The van der Waals surface area contributed by atoms with Crippen molar-refractivity contribution in [2.24, 2.45) is 5.41 Å². The number of ether oxygens (including phenoxy) is 2. The van der Waals surface area contributed by atoms with Crippen LogP contribution in [0.3, 0.4) is 0 Å². The van der Waals surface area contributed by atoms with Crippen molar-refractivity contribution in [1.29, 1.82) is 0 Å². The minimum atomic E-state index is -3.98. The first kappa shape index (κ1) is 30.7. The maximum Gasteiger partial charge on any atom is 0.410 e. The number of benzene rings is 1. The van der Waals surface area contributed by atoms with Gasteiger partial charge < -0.3 is 19.7 Å². The van der Waals surface area contributed by atoms with E-state index in [1.165, 1.54) is 27.3 Å². The minimum Gasteiger partial charge on any atom is -0.485 e. The Morgan fingerprint density at radius 1 is 1.18 bits per heavy atom. The number of amides is 1. The molecule has 0 saturated carbocycles. The van der Waals surface area contributed by atoms with Gasteiger partial charge in [0.05, 0.1) is 22.9 Å². The summed E-state index contributed by atoms with van der Waals surface area (Å²) in [5.41, 5.74) is 0.604. The second-order valence-corrected chi connectivity index (χ2v) is 14.7. The average Bonchev–Trinajstić information content (AvgIpc) is 3.77. The van der Waals surface area contributed by atoms with Gasteiger partial charge in [-0.25, -0.2) is 22.6 Å². The van der Waals surface area contributed by atoms with Crippen LogP contribution in [0.25, 0.3) is 16.9 Å². The van der Waals surface area contributed by atoms with E-state index in [2.05, 4.69) is 30.6 Å². The number of rotatable bonds is 7. The molecule has 3 aromatic heterocycles. The largest absolute Gasteiger partial charge is 0.485 e. The van der Waals surface area contributed by atoms with E-state index in [-0.39, 0.29) is 41.1 Å². The predicted octanol–water partition coefficient (Wildman–Crippen LogP) is 4.21. The first-order valence-electron chi connectivity index (χ1n) is 14.7. The number of hydrogen-bond acceptors (Lipinski definition) is 10. The molecule has 14 nitrogen and oxygen atoms in total. The van der Waals surface area contributed by atoms with E-state index in [1.54, 1.807) is 17.3 Å². The van der Waals surface area contributed by atoms with Crippen LogP contribution in [0.4, 0.5) is 20.8 Å². The van der Waals surface area contributed by atoms with Gasteiger partial charge in [0.15, 0.2) is 5.75 Å². The fourth-order valence-corrected chi connectivity index (χ4v) is 7.26. The van der Waals surface area contributed by atoms with Gasteiger partial charge in [0.25, 0.3) is 0 Å². The van der Waals surface area contributed by atoms with Gasteiger partial charge in [-0.1, -0.05) is 0 Å². The molecular weight excluding hydrogens is 605 g/mol. The Hall–Kier alpha value is -4.31. The van der Waals surface area contributed by atoms with E-state index in [9.17, 15) is 13.2 Å². The molecule has 6 rings (SSSR count). The maximum atomic E-state index is 15.4. The van der Waals surface area contributed by atoms with Gasteiger partial charge in [-0.15, -0.1) is 5.10 Å². The number of carbonyl (C=O) groups is 1. The lowest BCUT2D eigenvalue weighted by Gasteiger charge is -2.27. The smallest absolute Gasteiger partial charge is 0.410 e. The van der Waals surface area contributed by atoms with E-state index in [4.69, 9.17) is 9.47 Å². The molecule has 0 bridgehead atoms. The Bertz CT molecular complexity index is 1840. The fraction of sp³-hybridized carbons (Fsp3) is 0.483. The molecule has 2 aliphatic rings. The molecule has 240 valence electrons. The summed E-state index contributed by atoms with van der Waals surface area (Å²) in [6, 6.07) is 3.70. The number of sulfonamides is 1. The third kappa shape index (κ3) is 6.16. The van der Waals surface area contributed by atoms with Gasteiger partial charge in [-0.3, -0.25) is 5.10 Å². The monoisotopic (exact) mass is 641 g/mol. The fourth-order valence-electron chi connectivity index (χ4n) is 5.70. The van der Waals surface area contributed by atoms with E-state index in [1.807, 2.05) is 34.6 Å². The highest BCUT2D eigenvalue weighted by molar-refractivity contribution is 7.89. The van der Waals surface area contributed by atoms with Crippen molar-refractivity contribution >= 4 is 33.4 Å². The Balaban J connectivity index is 1.18. The van der Waals surface area contributed by atoms with Crippen LogP contribution in [0.2, 0.25) is 0 Å². The average molecular weight is 642 g/mol. The summed E-state index contributed by atoms with van der Waals surface area (Å²) in [6.45, 7) is 10.6. The van der Waals surface area contributed by atoms with Crippen LogP contribution >= 0.6 is 0 Å². The van der Waals surface area contributed by atoms with E-state index in [0.717, 1.165) is 6.07 Å². The van der Waals surface area contributed by atoms with E-state index >= 15 is 4.39 Å². The van der Waals surface area contributed by atoms with Crippen molar-refractivity contribution in [3.05, 3.63) is 42.7 Å². The number of likely N-dealkylation sites (tertiary alicyclic amines) is 1. The zero-order valence-corrected chi connectivity index (χ0v) is 26.6. The normalized spacial score (nSPS) is 19.2. The second-order valence-electron chi connectivity index (χ2n) is 12.8. The van der Waals surface area contributed by atoms with Crippen molar-refractivity contribution in [2.45, 2.75) is 64.1 Å². The van der Waals surface area contributed by atoms with Crippen LogP contribution in [0.5, 0.6) is 5.75 Å². The number of nitrogens with one attached hydrogen (secondary N) is 2. The predicted molar refractivity (Wildman–Crippen MR) is 162 cm³/mol. The van der Waals surface area contributed by atoms with Gasteiger partial charge in [-0.05, 0) is 65.7 Å². The Kier molecular flexibility index (Phi) is 7.67. The van der Waals surface area contributed by atoms with Gasteiger partial charge in [-0.2, -0.15) is 18.9 Å². The van der Waals surface area contributed by atoms with Gasteiger partial charge >= 0.3 is 6.09 Å². The number of H-pyrrole nitrogens is 1. The number of aromatic nitrogens is 6. The Morgan fingerprint density at radius 2 is 1.96 bits per heavy atom. The molecule has 2 fully saturated rings. The number of halogens is 1. The van der Waals surface area contributed by atoms with Crippen molar-refractivity contribution in [2.75, 3.05) is 31.5 Å². The number of fused-ring (bicyclic) bond motifs is 1. The summed E-state index contributed by atoms with van der Waals surface area (Å²) in [4.78, 5) is 23.0. The van der Waals surface area contributed by atoms with E-state index < -0.39 is 27.5 Å². The van der Waals surface area contributed by atoms with E-state index in [0.29, 0.717) is 48.6 Å².